The van der Waals surface area contributed by atoms with Gasteiger partial charge in [0.1, 0.15) is 0 Å². The molecule has 0 saturated heterocycles. The molecule has 1 rings (SSSR count). The van der Waals surface area contributed by atoms with Crippen LogP contribution in [0.1, 0.15) is 25.8 Å². The van der Waals surface area contributed by atoms with Crippen molar-refractivity contribution in [3.8, 4) is 0 Å². The highest BCUT2D eigenvalue weighted by atomic mass is 16.2. The Kier molecular flexibility index (Phi) is 4.99. The van der Waals surface area contributed by atoms with E-state index in [0.717, 1.165) is 24.2 Å². The molecule has 0 aliphatic carbocycles. The summed E-state index contributed by atoms with van der Waals surface area (Å²) in [5.74, 6) is 0.0130. The SMILES string of the molecule is CCCN[C@@H](C)C(=O)Nc1cccc(C)c1. The molecular weight excluding hydrogens is 200 g/mol. The molecule has 0 heterocycles. The van der Waals surface area contributed by atoms with Crippen LogP contribution >= 0.6 is 0 Å². The molecule has 0 aromatic heterocycles. The minimum absolute atomic E-state index is 0.0130. The van der Waals surface area contributed by atoms with Gasteiger partial charge in [-0.3, -0.25) is 4.79 Å². The van der Waals surface area contributed by atoms with E-state index in [1.54, 1.807) is 0 Å². The summed E-state index contributed by atoms with van der Waals surface area (Å²) >= 11 is 0. The molecular formula is C13H20N2O. The minimum Gasteiger partial charge on any atom is -0.325 e. The van der Waals surface area contributed by atoms with Crippen molar-refractivity contribution in [2.45, 2.75) is 33.2 Å². The average molecular weight is 220 g/mol. The zero-order valence-corrected chi connectivity index (χ0v) is 10.2. The maximum Gasteiger partial charge on any atom is 0.241 e. The molecule has 88 valence electrons. The van der Waals surface area contributed by atoms with Gasteiger partial charge in [0.25, 0.3) is 0 Å². The zero-order chi connectivity index (χ0) is 12.0. The van der Waals surface area contributed by atoms with E-state index >= 15 is 0 Å². The standard InChI is InChI=1S/C13H20N2O/c1-4-8-14-11(3)13(16)15-12-7-5-6-10(2)9-12/h5-7,9,11,14H,4,8H2,1-3H3,(H,15,16)/t11-/m0/s1. The highest BCUT2D eigenvalue weighted by molar-refractivity contribution is 5.94. The van der Waals surface area contributed by atoms with E-state index in [1.165, 1.54) is 0 Å². The molecule has 1 aromatic carbocycles. The molecule has 0 aliphatic rings. The maximum absolute atomic E-state index is 11.8. The third-order valence-electron chi connectivity index (χ3n) is 2.38. The highest BCUT2D eigenvalue weighted by Crippen LogP contribution is 2.09. The Morgan fingerprint density at radius 3 is 2.81 bits per heavy atom. The van der Waals surface area contributed by atoms with Gasteiger partial charge in [0.05, 0.1) is 6.04 Å². The lowest BCUT2D eigenvalue weighted by molar-refractivity contribution is -0.117. The second-order valence-electron chi connectivity index (χ2n) is 4.03. The van der Waals surface area contributed by atoms with Crippen molar-refractivity contribution >= 4 is 11.6 Å². The largest absolute Gasteiger partial charge is 0.325 e. The molecule has 2 N–H and O–H groups in total. The van der Waals surface area contributed by atoms with Crippen LogP contribution in [0.4, 0.5) is 5.69 Å². The first-order chi connectivity index (χ1) is 7.63. The summed E-state index contributed by atoms with van der Waals surface area (Å²) in [5.41, 5.74) is 2.00. The lowest BCUT2D eigenvalue weighted by Crippen LogP contribution is -2.38. The maximum atomic E-state index is 11.8. The van der Waals surface area contributed by atoms with E-state index in [9.17, 15) is 4.79 Å². The topological polar surface area (TPSA) is 41.1 Å². The van der Waals surface area contributed by atoms with E-state index in [0.29, 0.717) is 0 Å². The smallest absolute Gasteiger partial charge is 0.241 e. The molecule has 1 atom stereocenters. The molecule has 1 aromatic rings. The van der Waals surface area contributed by atoms with Gasteiger partial charge >= 0.3 is 0 Å². The molecule has 0 fully saturated rings. The normalized spacial score (nSPS) is 12.2. The molecule has 0 spiro atoms. The highest BCUT2D eigenvalue weighted by Gasteiger charge is 2.11. The predicted octanol–water partition coefficient (Wildman–Crippen LogP) is 2.32. The molecule has 0 radical (unpaired) electrons. The Balaban J connectivity index is 2.50. The summed E-state index contributed by atoms with van der Waals surface area (Å²) in [6.07, 6.45) is 1.03. The lowest BCUT2D eigenvalue weighted by Gasteiger charge is -2.13. The summed E-state index contributed by atoms with van der Waals surface area (Å²) < 4.78 is 0. The van der Waals surface area contributed by atoms with Crippen LogP contribution in [0.3, 0.4) is 0 Å². The number of amides is 1. The predicted molar refractivity (Wildman–Crippen MR) is 67.6 cm³/mol. The first-order valence-corrected chi connectivity index (χ1v) is 5.74. The third-order valence-corrected chi connectivity index (χ3v) is 2.38. The molecule has 16 heavy (non-hydrogen) atoms. The van der Waals surface area contributed by atoms with Gasteiger partial charge in [-0.2, -0.15) is 0 Å². The first kappa shape index (κ1) is 12.7. The zero-order valence-electron chi connectivity index (χ0n) is 10.2. The van der Waals surface area contributed by atoms with Crippen molar-refractivity contribution in [1.29, 1.82) is 0 Å². The van der Waals surface area contributed by atoms with Crippen molar-refractivity contribution in [3.63, 3.8) is 0 Å². The van der Waals surface area contributed by atoms with Gasteiger partial charge in [0.2, 0.25) is 5.91 Å². The third kappa shape index (κ3) is 4.03. The van der Waals surface area contributed by atoms with Gasteiger partial charge in [-0.25, -0.2) is 0 Å². The van der Waals surface area contributed by atoms with E-state index in [1.807, 2.05) is 38.1 Å². The Morgan fingerprint density at radius 2 is 2.19 bits per heavy atom. The number of aryl methyl sites for hydroxylation is 1. The van der Waals surface area contributed by atoms with E-state index < -0.39 is 0 Å². The second-order valence-corrected chi connectivity index (χ2v) is 4.03. The van der Waals surface area contributed by atoms with Crippen LogP contribution < -0.4 is 10.6 Å². The quantitative estimate of drug-likeness (QED) is 0.799. The summed E-state index contributed by atoms with van der Waals surface area (Å²) in [4.78, 5) is 11.8. The lowest BCUT2D eigenvalue weighted by atomic mass is 10.2. The fourth-order valence-corrected chi connectivity index (χ4v) is 1.43. The monoisotopic (exact) mass is 220 g/mol. The Hall–Kier alpha value is -1.35. The number of anilines is 1. The van der Waals surface area contributed by atoms with E-state index in [-0.39, 0.29) is 11.9 Å². The summed E-state index contributed by atoms with van der Waals surface area (Å²) in [6, 6.07) is 7.66. The van der Waals surface area contributed by atoms with Crippen LogP contribution in [0, 0.1) is 6.92 Å². The van der Waals surface area contributed by atoms with Crippen molar-refractivity contribution in [1.82, 2.24) is 5.32 Å². The van der Waals surface area contributed by atoms with E-state index in [4.69, 9.17) is 0 Å². The van der Waals surface area contributed by atoms with Crippen LogP contribution in [0.5, 0.6) is 0 Å². The van der Waals surface area contributed by atoms with Crippen LogP contribution in [-0.4, -0.2) is 18.5 Å². The first-order valence-electron chi connectivity index (χ1n) is 5.74. The molecule has 1 amide bonds. The Bertz CT molecular complexity index is 350. The number of benzene rings is 1. The van der Waals surface area contributed by atoms with Crippen molar-refractivity contribution in [2.75, 3.05) is 11.9 Å². The molecule has 0 saturated carbocycles. The Labute approximate surface area is 97.2 Å². The van der Waals surface area contributed by atoms with Gasteiger partial charge in [0.15, 0.2) is 0 Å². The summed E-state index contributed by atoms with van der Waals surface area (Å²) in [7, 11) is 0. The van der Waals surface area contributed by atoms with Crippen LogP contribution in [0.2, 0.25) is 0 Å². The Morgan fingerprint density at radius 1 is 1.44 bits per heavy atom. The van der Waals surface area contributed by atoms with Gasteiger partial charge in [0, 0.05) is 5.69 Å². The summed E-state index contributed by atoms with van der Waals surface area (Å²) in [6.45, 7) is 6.83. The van der Waals surface area contributed by atoms with Crippen LogP contribution in [0.25, 0.3) is 0 Å². The van der Waals surface area contributed by atoms with Crippen LogP contribution in [-0.2, 0) is 4.79 Å². The molecule has 3 heteroatoms. The number of rotatable bonds is 5. The minimum atomic E-state index is -0.152. The van der Waals surface area contributed by atoms with Gasteiger partial charge in [-0.15, -0.1) is 0 Å². The second kappa shape index (κ2) is 6.28. The molecule has 0 unspecified atom stereocenters. The number of hydrogen-bond acceptors (Lipinski definition) is 2. The van der Waals surface area contributed by atoms with Gasteiger partial charge < -0.3 is 10.6 Å². The molecule has 0 bridgehead atoms. The van der Waals surface area contributed by atoms with Gasteiger partial charge in [-0.1, -0.05) is 19.1 Å². The van der Waals surface area contributed by atoms with Gasteiger partial charge in [-0.05, 0) is 44.5 Å². The average Bonchev–Trinajstić information content (AvgIpc) is 2.25. The fraction of sp³-hybridized carbons (Fsp3) is 0.462. The van der Waals surface area contributed by atoms with Crippen LogP contribution in [0.15, 0.2) is 24.3 Å². The number of carbonyl (C=O) groups excluding carboxylic acids is 1. The van der Waals surface area contributed by atoms with Crippen molar-refractivity contribution < 1.29 is 4.79 Å². The van der Waals surface area contributed by atoms with E-state index in [2.05, 4.69) is 17.6 Å². The number of hydrogen-bond donors (Lipinski definition) is 2. The van der Waals surface area contributed by atoms with Crippen molar-refractivity contribution in [2.24, 2.45) is 0 Å². The molecule has 0 aliphatic heterocycles. The number of nitrogens with one attached hydrogen (secondary N) is 2. The fourth-order valence-electron chi connectivity index (χ4n) is 1.43. The van der Waals surface area contributed by atoms with Crippen molar-refractivity contribution in [3.05, 3.63) is 29.8 Å². The number of carbonyl (C=O) groups is 1. The summed E-state index contributed by atoms with van der Waals surface area (Å²) in [5, 5.41) is 6.04. The molecule has 3 nitrogen and oxygen atoms in total.